The van der Waals surface area contributed by atoms with E-state index in [0.29, 0.717) is 25.6 Å². The third kappa shape index (κ3) is 5.81. The highest BCUT2D eigenvalue weighted by Crippen LogP contribution is 2.32. The molecule has 0 spiro atoms. The standard InChI is InChI=1S/C11H23NO4S/c1-2-12(6-8-16-9-7-13)17(14,15)10-5-11-3-4-11/h11,13H,2-10H2,1H3. The van der Waals surface area contributed by atoms with Gasteiger partial charge in [-0.3, -0.25) is 0 Å². The predicted molar refractivity (Wildman–Crippen MR) is 66.3 cm³/mol. The largest absolute Gasteiger partial charge is 0.394 e. The SMILES string of the molecule is CCN(CCOCCO)S(=O)(=O)CCC1CC1. The summed E-state index contributed by atoms with van der Waals surface area (Å²) in [4.78, 5) is 0. The Morgan fingerprint density at radius 1 is 1.35 bits per heavy atom. The van der Waals surface area contributed by atoms with Gasteiger partial charge in [0.25, 0.3) is 0 Å². The van der Waals surface area contributed by atoms with Crippen LogP contribution in [0.15, 0.2) is 0 Å². The first kappa shape index (κ1) is 14.9. The van der Waals surface area contributed by atoms with E-state index in [1.54, 1.807) is 0 Å². The summed E-state index contributed by atoms with van der Waals surface area (Å²) in [5.41, 5.74) is 0. The van der Waals surface area contributed by atoms with Crippen molar-refractivity contribution in [1.29, 1.82) is 0 Å². The Labute approximate surface area is 104 Å². The number of aliphatic hydroxyl groups is 1. The lowest BCUT2D eigenvalue weighted by atomic mass is 10.3. The number of hydrogen-bond acceptors (Lipinski definition) is 4. The van der Waals surface area contributed by atoms with E-state index in [2.05, 4.69) is 0 Å². The monoisotopic (exact) mass is 265 g/mol. The van der Waals surface area contributed by atoms with Gasteiger partial charge in [0.05, 0.1) is 25.6 Å². The van der Waals surface area contributed by atoms with Crippen LogP contribution in [0.3, 0.4) is 0 Å². The van der Waals surface area contributed by atoms with E-state index in [1.165, 1.54) is 17.1 Å². The van der Waals surface area contributed by atoms with Crippen molar-refractivity contribution >= 4 is 10.0 Å². The third-order valence-corrected chi connectivity index (χ3v) is 4.93. The summed E-state index contributed by atoms with van der Waals surface area (Å²) in [6, 6.07) is 0. The highest BCUT2D eigenvalue weighted by molar-refractivity contribution is 7.89. The third-order valence-electron chi connectivity index (χ3n) is 2.95. The molecule has 0 aromatic heterocycles. The number of aliphatic hydroxyl groups excluding tert-OH is 1. The molecule has 0 aliphatic heterocycles. The summed E-state index contributed by atoms with van der Waals surface area (Å²) >= 11 is 0. The fourth-order valence-corrected chi connectivity index (χ4v) is 3.31. The lowest BCUT2D eigenvalue weighted by Gasteiger charge is -2.20. The van der Waals surface area contributed by atoms with Gasteiger partial charge in [-0.25, -0.2) is 8.42 Å². The Morgan fingerprint density at radius 2 is 2.06 bits per heavy atom. The van der Waals surface area contributed by atoms with Gasteiger partial charge in [0.15, 0.2) is 0 Å². The summed E-state index contributed by atoms with van der Waals surface area (Å²) in [6.07, 6.45) is 3.15. The number of sulfonamides is 1. The lowest BCUT2D eigenvalue weighted by molar-refractivity contribution is 0.0860. The molecule has 6 heteroatoms. The van der Waals surface area contributed by atoms with E-state index in [-0.39, 0.29) is 19.0 Å². The smallest absolute Gasteiger partial charge is 0.214 e. The second kappa shape index (κ2) is 7.31. The molecule has 0 amide bonds. The van der Waals surface area contributed by atoms with E-state index in [4.69, 9.17) is 9.84 Å². The Balaban J connectivity index is 2.29. The van der Waals surface area contributed by atoms with Crippen LogP contribution in [-0.4, -0.2) is 56.5 Å². The minimum Gasteiger partial charge on any atom is -0.394 e. The molecule has 17 heavy (non-hydrogen) atoms. The van der Waals surface area contributed by atoms with Gasteiger partial charge in [-0.1, -0.05) is 19.8 Å². The molecule has 0 aromatic rings. The first-order valence-electron chi connectivity index (χ1n) is 6.26. The molecule has 102 valence electrons. The molecule has 0 heterocycles. The summed E-state index contributed by atoms with van der Waals surface area (Å²) in [5.74, 6) is 0.889. The van der Waals surface area contributed by atoms with Crippen LogP contribution in [0.1, 0.15) is 26.2 Å². The van der Waals surface area contributed by atoms with Crippen molar-refractivity contribution in [2.24, 2.45) is 5.92 Å². The molecule has 0 atom stereocenters. The van der Waals surface area contributed by atoms with E-state index in [0.717, 1.165) is 6.42 Å². The second-order valence-corrected chi connectivity index (χ2v) is 6.46. The fourth-order valence-electron chi connectivity index (χ4n) is 1.68. The minimum atomic E-state index is -3.12. The zero-order valence-corrected chi connectivity index (χ0v) is 11.3. The second-order valence-electron chi connectivity index (χ2n) is 4.38. The summed E-state index contributed by atoms with van der Waals surface area (Å²) in [5, 5.41) is 8.54. The maximum Gasteiger partial charge on any atom is 0.214 e. The number of hydrogen-bond donors (Lipinski definition) is 1. The highest BCUT2D eigenvalue weighted by atomic mass is 32.2. The first-order chi connectivity index (χ1) is 8.10. The number of ether oxygens (including phenoxy) is 1. The fraction of sp³-hybridized carbons (Fsp3) is 1.00. The number of rotatable bonds is 10. The van der Waals surface area contributed by atoms with Crippen LogP contribution in [0.25, 0.3) is 0 Å². The Bertz CT molecular complexity index is 301. The van der Waals surface area contributed by atoms with Crippen molar-refractivity contribution in [2.75, 3.05) is 38.7 Å². The van der Waals surface area contributed by atoms with Crippen LogP contribution < -0.4 is 0 Å². The summed E-state index contributed by atoms with van der Waals surface area (Å²) < 4.78 is 30.5. The molecule has 1 aliphatic carbocycles. The highest BCUT2D eigenvalue weighted by Gasteiger charge is 2.26. The average molecular weight is 265 g/mol. The minimum absolute atomic E-state index is 0.0272. The molecule has 0 saturated heterocycles. The predicted octanol–water partition coefficient (Wildman–Crippen LogP) is 0.447. The van der Waals surface area contributed by atoms with Gasteiger partial charge in [0.1, 0.15) is 0 Å². The molecule has 1 N–H and O–H groups in total. The zero-order valence-electron chi connectivity index (χ0n) is 10.5. The quantitative estimate of drug-likeness (QED) is 0.582. The van der Waals surface area contributed by atoms with Crippen molar-refractivity contribution in [2.45, 2.75) is 26.2 Å². The van der Waals surface area contributed by atoms with Crippen LogP contribution >= 0.6 is 0 Å². The van der Waals surface area contributed by atoms with Gasteiger partial charge < -0.3 is 9.84 Å². The van der Waals surface area contributed by atoms with Crippen LogP contribution in [0, 0.1) is 5.92 Å². The molecule has 1 aliphatic rings. The Kier molecular flexibility index (Phi) is 6.40. The molecule has 5 nitrogen and oxygen atoms in total. The van der Waals surface area contributed by atoms with E-state index in [1.807, 2.05) is 6.92 Å². The number of nitrogens with zero attached hydrogens (tertiary/aromatic N) is 1. The van der Waals surface area contributed by atoms with Crippen molar-refractivity contribution in [3.05, 3.63) is 0 Å². The van der Waals surface area contributed by atoms with Crippen LogP contribution in [-0.2, 0) is 14.8 Å². The molecule has 0 bridgehead atoms. The van der Waals surface area contributed by atoms with E-state index < -0.39 is 10.0 Å². The van der Waals surface area contributed by atoms with Crippen LogP contribution in [0.2, 0.25) is 0 Å². The van der Waals surface area contributed by atoms with Gasteiger partial charge in [-0.15, -0.1) is 0 Å². The molecule has 1 rings (SSSR count). The lowest BCUT2D eigenvalue weighted by Crippen LogP contribution is -2.35. The van der Waals surface area contributed by atoms with Crippen molar-refractivity contribution < 1.29 is 18.3 Å². The van der Waals surface area contributed by atoms with Crippen LogP contribution in [0.5, 0.6) is 0 Å². The maximum absolute atomic E-state index is 12.0. The van der Waals surface area contributed by atoms with Gasteiger partial charge in [0, 0.05) is 13.1 Å². The topological polar surface area (TPSA) is 66.8 Å². The molecule has 1 saturated carbocycles. The van der Waals surface area contributed by atoms with Gasteiger partial charge >= 0.3 is 0 Å². The normalized spacial score (nSPS) is 16.6. The van der Waals surface area contributed by atoms with Crippen molar-refractivity contribution in [1.82, 2.24) is 4.31 Å². The van der Waals surface area contributed by atoms with Crippen molar-refractivity contribution in [3.8, 4) is 0 Å². The van der Waals surface area contributed by atoms with Gasteiger partial charge in [-0.2, -0.15) is 4.31 Å². The maximum atomic E-state index is 12.0. The molecular weight excluding hydrogens is 242 g/mol. The summed E-state index contributed by atoms with van der Waals surface area (Å²) in [6.45, 7) is 3.27. The molecule has 0 unspecified atom stereocenters. The van der Waals surface area contributed by atoms with Gasteiger partial charge in [0.2, 0.25) is 10.0 Å². The average Bonchev–Trinajstić information content (AvgIpc) is 3.10. The van der Waals surface area contributed by atoms with Crippen LogP contribution in [0.4, 0.5) is 0 Å². The summed E-state index contributed by atoms with van der Waals surface area (Å²) in [7, 11) is -3.12. The molecule has 0 aromatic carbocycles. The molecular formula is C11H23NO4S. The Hall–Kier alpha value is -0.170. The zero-order chi connectivity index (χ0) is 12.7. The van der Waals surface area contributed by atoms with E-state index >= 15 is 0 Å². The van der Waals surface area contributed by atoms with E-state index in [9.17, 15) is 8.42 Å². The number of likely N-dealkylation sites (N-methyl/N-ethyl adjacent to an activating group) is 1. The molecule has 1 fully saturated rings. The first-order valence-corrected chi connectivity index (χ1v) is 7.87. The van der Waals surface area contributed by atoms with Crippen molar-refractivity contribution in [3.63, 3.8) is 0 Å². The van der Waals surface area contributed by atoms with Gasteiger partial charge in [-0.05, 0) is 12.3 Å². The Morgan fingerprint density at radius 3 is 2.59 bits per heavy atom. The molecule has 0 radical (unpaired) electrons.